The van der Waals surface area contributed by atoms with Gasteiger partial charge in [0, 0.05) is 50.0 Å². The molecule has 5 heterocycles. The predicted octanol–water partition coefficient (Wildman–Crippen LogP) is 2.20. The van der Waals surface area contributed by atoms with Crippen LogP contribution in [-0.4, -0.2) is 78.5 Å². The van der Waals surface area contributed by atoms with Crippen LogP contribution < -0.4 is 21.5 Å². The lowest BCUT2D eigenvalue weighted by atomic mass is 10.1. The summed E-state index contributed by atoms with van der Waals surface area (Å²) in [6.45, 7) is -1.20. The number of nitrogens with zero attached hydrogens (tertiary/aromatic N) is 6. The summed E-state index contributed by atoms with van der Waals surface area (Å²) in [6.07, 6.45) is 0.305. The lowest BCUT2D eigenvalue weighted by Gasteiger charge is -2.38. The van der Waals surface area contributed by atoms with Crippen molar-refractivity contribution >= 4 is 34.1 Å². The van der Waals surface area contributed by atoms with Crippen LogP contribution in [0.1, 0.15) is 16.1 Å². The highest BCUT2D eigenvalue weighted by Gasteiger charge is 2.46. The minimum Gasteiger partial charge on any atom is -0.480 e. The summed E-state index contributed by atoms with van der Waals surface area (Å²) < 4.78 is 79.2. The fourth-order valence-electron chi connectivity index (χ4n) is 5.67. The second-order valence-corrected chi connectivity index (χ2v) is 10.9. The molecule has 250 valence electrons. The Balaban J connectivity index is 1.30. The molecule has 1 saturated heterocycles. The van der Waals surface area contributed by atoms with Crippen molar-refractivity contribution in [2.75, 3.05) is 24.7 Å². The maximum atomic E-state index is 15.1. The van der Waals surface area contributed by atoms with Crippen LogP contribution in [0.4, 0.5) is 27.6 Å². The molecule has 0 unspecified atom stereocenters. The highest BCUT2D eigenvalue weighted by Crippen LogP contribution is 2.32. The molecule has 2 atom stereocenters. The van der Waals surface area contributed by atoms with Gasteiger partial charge in [-0.15, -0.1) is 0 Å². The Morgan fingerprint density at radius 2 is 1.85 bits per heavy atom. The average molecular weight is 674 g/mol. The number of aliphatic carboxylic acids is 1. The maximum Gasteiger partial charge on any atom is 0.411 e. The molecule has 0 radical (unpaired) electrons. The van der Waals surface area contributed by atoms with Crippen molar-refractivity contribution in [2.45, 2.75) is 24.7 Å². The van der Waals surface area contributed by atoms with E-state index < -0.39 is 77.3 Å². The van der Waals surface area contributed by atoms with E-state index >= 15 is 8.78 Å². The molecule has 1 amide bonds. The third-order valence-corrected chi connectivity index (χ3v) is 8.04. The summed E-state index contributed by atoms with van der Waals surface area (Å²) in [6, 6.07) is 1.42. The average Bonchev–Trinajstić information content (AvgIpc) is 3.54. The van der Waals surface area contributed by atoms with E-state index in [9.17, 15) is 37.5 Å². The number of benzene rings is 1. The zero-order valence-corrected chi connectivity index (χ0v) is 24.7. The number of imidazole rings is 1. The predicted molar refractivity (Wildman–Crippen MR) is 158 cm³/mol. The largest absolute Gasteiger partial charge is 0.480 e. The topological polar surface area (TPSA) is 153 Å². The molecule has 4 aromatic heterocycles. The second-order valence-electron chi connectivity index (χ2n) is 10.9. The molecule has 0 spiro atoms. The lowest BCUT2D eigenvalue weighted by molar-refractivity contribution is -0.167. The Morgan fingerprint density at radius 1 is 1.12 bits per heavy atom. The van der Waals surface area contributed by atoms with Gasteiger partial charge in [0.2, 0.25) is 0 Å². The number of carbonyl (C=O) groups excluding carboxylic acids is 1. The zero-order chi connectivity index (χ0) is 34.5. The minimum absolute atomic E-state index is 0.0706. The van der Waals surface area contributed by atoms with Crippen molar-refractivity contribution in [1.29, 1.82) is 0 Å². The molecule has 2 N–H and O–H groups in total. The van der Waals surface area contributed by atoms with Gasteiger partial charge in [-0.05, 0) is 30.3 Å². The van der Waals surface area contributed by atoms with E-state index in [1.165, 1.54) is 59.0 Å². The molecule has 1 aliphatic rings. The molecule has 1 aromatic carbocycles. The van der Waals surface area contributed by atoms with Gasteiger partial charge in [0.25, 0.3) is 11.5 Å². The number of amides is 1. The number of aromatic nitrogens is 5. The molecule has 13 nitrogen and oxygen atoms in total. The van der Waals surface area contributed by atoms with E-state index in [4.69, 9.17) is 4.74 Å². The summed E-state index contributed by atoms with van der Waals surface area (Å²) >= 11 is 0. The number of morpholine rings is 1. The monoisotopic (exact) mass is 673 g/mol. The second kappa shape index (κ2) is 12.2. The lowest BCUT2D eigenvalue weighted by Crippen LogP contribution is -2.53. The Bertz CT molecular complexity index is 2190. The molecule has 0 aliphatic carbocycles. The van der Waals surface area contributed by atoms with Crippen LogP contribution >= 0.6 is 0 Å². The number of anilines is 1. The summed E-state index contributed by atoms with van der Waals surface area (Å²) in [5.41, 5.74) is -2.34. The first-order valence-corrected chi connectivity index (χ1v) is 14.2. The Morgan fingerprint density at radius 3 is 2.54 bits per heavy atom. The van der Waals surface area contributed by atoms with E-state index in [-0.39, 0.29) is 35.6 Å². The molecule has 48 heavy (non-hydrogen) atoms. The first kappa shape index (κ1) is 32.3. The van der Waals surface area contributed by atoms with Gasteiger partial charge < -0.3 is 24.5 Å². The van der Waals surface area contributed by atoms with Gasteiger partial charge in [-0.1, -0.05) is 0 Å². The number of nitrogens with one attached hydrogen (secondary N) is 1. The fraction of sp³-hybridized carbons (Fsp3) is 0.267. The number of aryl methyl sites for hydroxylation is 1. The minimum atomic E-state index is -4.77. The SMILES string of the molecule is Cn1c(=O)n(-c2ccc(C[C@H](NC(=O)c3c(F)cc(N4CCOC[C@H]4C(F)(F)F)cc3F)C(=O)O)n3ccnc23)c(=O)c2ccncc21. The van der Waals surface area contributed by atoms with Gasteiger partial charge in [-0.3, -0.25) is 19.1 Å². The molecular weight excluding hydrogens is 649 g/mol. The molecular formula is C30H24F5N7O6. The smallest absolute Gasteiger partial charge is 0.411 e. The Kier molecular flexibility index (Phi) is 8.19. The van der Waals surface area contributed by atoms with Gasteiger partial charge in [0.1, 0.15) is 29.3 Å². The maximum absolute atomic E-state index is 15.1. The van der Waals surface area contributed by atoms with E-state index in [0.29, 0.717) is 17.6 Å². The van der Waals surface area contributed by atoms with E-state index in [1.54, 1.807) is 0 Å². The number of alkyl halides is 3. The number of carbonyl (C=O) groups is 2. The van der Waals surface area contributed by atoms with Crippen LogP contribution in [0.15, 0.2) is 64.7 Å². The number of hydrogen-bond acceptors (Lipinski definition) is 8. The van der Waals surface area contributed by atoms with Crippen LogP contribution in [0.5, 0.6) is 0 Å². The summed E-state index contributed by atoms with van der Waals surface area (Å²) in [5.74, 6) is -6.04. The van der Waals surface area contributed by atoms with Crippen molar-refractivity contribution in [3.8, 4) is 5.69 Å². The van der Waals surface area contributed by atoms with E-state index in [1.807, 2.05) is 0 Å². The highest BCUT2D eigenvalue weighted by atomic mass is 19.4. The third-order valence-electron chi connectivity index (χ3n) is 8.04. The van der Waals surface area contributed by atoms with Gasteiger partial charge in [-0.25, -0.2) is 27.9 Å². The summed E-state index contributed by atoms with van der Waals surface area (Å²) in [5, 5.41) is 12.2. The molecule has 0 saturated carbocycles. The first-order chi connectivity index (χ1) is 22.8. The summed E-state index contributed by atoms with van der Waals surface area (Å²) in [7, 11) is 1.46. The standard InChI is InChI=1S/C30H24F5N7O6/c1-39-22-13-36-5-4-17(22)27(44)42(29(39)47)21-3-2-15(41-7-6-37-25(21)41)12-20(28(45)46)38-26(43)24-18(31)10-16(11-19(24)32)40-8-9-48-14-23(40)30(33,34)35/h2-7,10-11,13,20,23H,8-9,12,14H2,1H3,(H,38,43)(H,45,46)/t20-,23-/m0/s1. The third kappa shape index (κ3) is 5.63. The fourth-order valence-corrected chi connectivity index (χ4v) is 5.67. The van der Waals surface area contributed by atoms with E-state index in [0.717, 1.165) is 9.47 Å². The first-order valence-electron chi connectivity index (χ1n) is 14.2. The number of halogens is 5. The number of rotatable bonds is 7. The van der Waals surface area contributed by atoms with Crippen molar-refractivity contribution < 1.29 is 41.4 Å². The van der Waals surface area contributed by atoms with Crippen LogP contribution in [-0.2, 0) is 23.0 Å². The van der Waals surface area contributed by atoms with Gasteiger partial charge in [0.15, 0.2) is 5.65 Å². The normalized spacial score (nSPS) is 16.0. The van der Waals surface area contributed by atoms with Crippen molar-refractivity contribution in [3.05, 3.63) is 98.8 Å². The van der Waals surface area contributed by atoms with Crippen LogP contribution in [0.3, 0.4) is 0 Å². The molecule has 5 aromatic rings. The van der Waals surface area contributed by atoms with Crippen molar-refractivity contribution in [1.82, 2.24) is 28.8 Å². The Hall–Kier alpha value is -5.65. The van der Waals surface area contributed by atoms with Crippen LogP contribution in [0, 0.1) is 11.6 Å². The number of ether oxygens (including phenoxy) is 1. The zero-order valence-electron chi connectivity index (χ0n) is 24.7. The molecule has 1 fully saturated rings. The summed E-state index contributed by atoms with van der Waals surface area (Å²) in [4.78, 5) is 60.7. The number of hydrogen-bond donors (Lipinski definition) is 2. The number of fused-ring (bicyclic) bond motifs is 2. The van der Waals surface area contributed by atoms with Crippen molar-refractivity contribution in [2.24, 2.45) is 7.05 Å². The Labute approximate surface area is 265 Å². The quantitative estimate of drug-likeness (QED) is 0.248. The molecule has 0 bridgehead atoms. The molecule has 6 rings (SSSR count). The van der Waals surface area contributed by atoms with E-state index in [2.05, 4.69) is 15.3 Å². The molecule has 1 aliphatic heterocycles. The number of carboxylic acid groups (broad SMARTS) is 1. The van der Waals surface area contributed by atoms with Gasteiger partial charge in [-0.2, -0.15) is 13.2 Å². The van der Waals surface area contributed by atoms with Crippen LogP contribution in [0.2, 0.25) is 0 Å². The van der Waals surface area contributed by atoms with Crippen LogP contribution in [0.25, 0.3) is 22.2 Å². The molecule has 18 heteroatoms. The van der Waals surface area contributed by atoms with Gasteiger partial charge in [0.05, 0.1) is 36.0 Å². The van der Waals surface area contributed by atoms with Gasteiger partial charge >= 0.3 is 17.8 Å². The van der Waals surface area contributed by atoms with Crippen molar-refractivity contribution in [3.63, 3.8) is 0 Å². The number of pyridine rings is 2. The number of carboxylic acids is 1. The highest BCUT2D eigenvalue weighted by molar-refractivity contribution is 5.97.